The van der Waals surface area contributed by atoms with Crippen molar-refractivity contribution in [1.82, 2.24) is 4.90 Å². The van der Waals surface area contributed by atoms with E-state index in [4.69, 9.17) is 0 Å². The first-order chi connectivity index (χ1) is 8.20. The van der Waals surface area contributed by atoms with Gasteiger partial charge in [0.05, 0.1) is 0 Å². The van der Waals surface area contributed by atoms with Crippen LogP contribution in [0, 0.1) is 0 Å². The highest BCUT2D eigenvalue weighted by molar-refractivity contribution is 6.10. The third-order valence-corrected chi connectivity index (χ3v) is 2.74. The van der Waals surface area contributed by atoms with Gasteiger partial charge in [0, 0.05) is 23.9 Å². The van der Waals surface area contributed by atoms with Crippen molar-refractivity contribution in [3.63, 3.8) is 0 Å². The molecular weight excluding hydrogens is 210 g/mol. The van der Waals surface area contributed by atoms with Crippen LogP contribution in [0.3, 0.4) is 0 Å². The van der Waals surface area contributed by atoms with Crippen molar-refractivity contribution in [2.75, 3.05) is 7.05 Å². The molecule has 0 saturated carbocycles. The summed E-state index contributed by atoms with van der Waals surface area (Å²) in [6.07, 6.45) is 3.74. The van der Waals surface area contributed by atoms with Crippen LogP contribution in [0.25, 0.3) is 11.8 Å². The number of nitrogens with zero attached hydrogens (tertiary/aromatic N) is 1. The monoisotopic (exact) mass is 229 g/mol. The molecule has 1 amide bonds. The molecule has 0 unspecified atom stereocenters. The summed E-state index contributed by atoms with van der Waals surface area (Å²) in [7, 11) is 1.80. The zero-order valence-electron chi connectivity index (χ0n) is 10.9. The van der Waals surface area contributed by atoms with E-state index in [2.05, 4.69) is 6.58 Å². The molecule has 1 aromatic carbocycles. The summed E-state index contributed by atoms with van der Waals surface area (Å²) in [6.45, 7) is 9.71. The van der Waals surface area contributed by atoms with E-state index in [0.717, 1.165) is 22.4 Å². The summed E-state index contributed by atoms with van der Waals surface area (Å²) in [6, 6.07) is 5.72. The van der Waals surface area contributed by atoms with Crippen molar-refractivity contribution in [1.29, 1.82) is 0 Å². The van der Waals surface area contributed by atoms with Crippen molar-refractivity contribution >= 4 is 17.7 Å². The molecule has 0 N–H and O–H groups in total. The Balaban J connectivity index is 0.000000686. The van der Waals surface area contributed by atoms with Gasteiger partial charge in [0.25, 0.3) is 5.91 Å². The van der Waals surface area contributed by atoms with Crippen LogP contribution >= 0.6 is 0 Å². The number of hydrogen-bond donors (Lipinski definition) is 0. The number of carbonyl (C=O) groups is 1. The van der Waals surface area contributed by atoms with Crippen molar-refractivity contribution in [2.24, 2.45) is 0 Å². The van der Waals surface area contributed by atoms with Gasteiger partial charge in [0.15, 0.2) is 0 Å². The maximum Gasteiger partial charge on any atom is 0.258 e. The molecule has 0 aromatic heterocycles. The summed E-state index contributed by atoms with van der Waals surface area (Å²) >= 11 is 0. The maximum atomic E-state index is 11.9. The molecule has 0 atom stereocenters. The number of rotatable bonds is 1. The lowest BCUT2D eigenvalue weighted by atomic mass is 10.0. The summed E-state index contributed by atoms with van der Waals surface area (Å²) in [5.74, 6) is 0.0572. The molecule has 17 heavy (non-hydrogen) atoms. The van der Waals surface area contributed by atoms with E-state index in [9.17, 15) is 4.79 Å². The third-order valence-electron chi connectivity index (χ3n) is 2.74. The number of benzene rings is 1. The topological polar surface area (TPSA) is 20.3 Å². The first-order valence-electron chi connectivity index (χ1n) is 5.91. The van der Waals surface area contributed by atoms with Crippen LogP contribution in [0.15, 0.2) is 30.9 Å². The first kappa shape index (κ1) is 13.2. The Labute approximate surface area is 103 Å². The van der Waals surface area contributed by atoms with Crippen LogP contribution < -0.4 is 0 Å². The highest BCUT2D eigenvalue weighted by atomic mass is 16.2. The summed E-state index contributed by atoms with van der Waals surface area (Å²) in [5.41, 5.74) is 3.74. The van der Waals surface area contributed by atoms with Crippen LogP contribution in [0.4, 0.5) is 0 Å². The summed E-state index contributed by atoms with van der Waals surface area (Å²) < 4.78 is 0. The fourth-order valence-corrected chi connectivity index (χ4v) is 2.00. The highest BCUT2D eigenvalue weighted by Gasteiger charge is 2.29. The quantitative estimate of drug-likeness (QED) is 0.717. The number of amides is 1. The van der Waals surface area contributed by atoms with Gasteiger partial charge in [-0.15, -0.1) is 0 Å². The summed E-state index contributed by atoms with van der Waals surface area (Å²) in [4.78, 5) is 13.6. The Hall–Kier alpha value is -1.83. The van der Waals surface area contributed by atoms with E-state index in [1.54, 1.807) is 18.0 Å². The minimum atomic E-state index is 0.0572. The lowest BCUT2D eigenvalue weighted by molar-refractivity contribution is 0.0874. The van der Waals surface area contributed by atoms with Gasteiger partial charge in [-0.05, 0) is 18.6 Å². The van der Waals surface area contributed by atoms with Crippen LogP contribution in [0.5, 0.6) is 0 Å². The lowest BCUT2D eigenvalue weighted by Crippen LogP contribution is -2.16. The Morgan fingerprint density at radius 2 is 1.94 bits per heavy atom. The molecule has 0 aliphatic carbocycles. The fourth-order valence-electron chi connectivity index (χ4n) is 2.00. The van der Waals surface area contributed by atoms with Crippen molar-refractivity contribution in [2.45, 2.75) is 20.8 Å². The number of hydrogen-bond acceptors (Lipinski definition) is 1. The Bertz CT molecular complexity index is 472. The second-order valence-electron chi connectivity index (χ2n) is 3.51. The normalized spacial score (nSPS) is 15.4. The lowest BCUT2D eigenvalue weighted by Gasteiger charge is -2.11. The second-order valence-corrected chi connectivity index (χ2v) is 3.51. The minimum Gasteiger partial charge on any atom is -0.311 e. The molecule has 2 nitrogen and oxygen atoms in total. The minimum absolute atomic E-state index is 0.0572. The Kier molecular flexibility index (Phi) is 4.27. The standard InChI is InChI=1S/C13H13NO.C2H6/c1-4-9-7-6-8-10-12(9)11(5-2)14(3)13(10)15;1-2/h4-8H,1H2,2-3H3;1-2H3/b11-5+;. The van der Waals surface area contributed by atoms with Gasteiger partial charge < -0.3 is 4.90 Å². The largest absolute Gasteiger partial charge is 0.311 e. The molecule has 1 aliphatic heterocycles. The predicted octanol–water partition coefficient (Wildman–Crippen LogP) is 3.80. The van der Waals surface area contributed by atoms with Gasteiger partial charge in [0.2, 0.25) is 0 Å². The SMILES string of the molecule is C=Cc1cccc2c1/C(=C\C)N(C)C2=O.CC. The third kappa shape index (κ3) is 2.03. The molecule has 1 aromatic rings. The van der Waals surface area contributed by atoms with Gasteiger partial charge >= 0.3 is 0 Å². The second kappa shape index (κ2) is 5.48. The predicted molar refractivity (Wildman–Crippen MR) is 73.6 cm³/mol. The van der Waals surface area contributed by atoms with Crippen molar-refractivity contribution < 1.29 is 4.79 Å². The summed E-state index contributed by atoms with van der Waals surface area (Å²) in [5, 5.41) is 0. The van der Waals surface area contributed by atoms with E-state index in [-0.39, 0.29) is 5.91 Å². The van der Waals surface area contributed by atoms with Crippen molar-refractivity contribution in [3.05, 3.63) is 47.5 Å². The number of carbonyl (C=O) groups excluding carboxylic acids is 1. The van der Waals surface area contributed by atoms with Crippen LogP contribution in [0.2, 0.25) is 0 Å². The molecule has 0 fully saturated rings. The maximum absolute atomic E-state index is 11.9. The van der Waals surface area contributed by atoms with E-state index < -0.39 is 0 Å². The zero-order valence-corrected chi connectivity index (χ0v) is 10.9. The van der Waals surface area contributed by atoms with E-state index in [1.165, 1.54) is 0 Å². The molecule has 0 spiro atoms. The molecular formula is C15H19NO. The van der Waals surface area contributed by atoms with Gasteiger partial charge in [0.1, 0.15) is 0 Å². The number of allylic oxidation sites excluding steroid dienone is 1. The molecule has 1 heterocycles. The van der Waals surface area contributed by atoms with Crippen molar-refractivity contribution in [3.8, 4) is 0 Å². The average molecular weight is 229 g/mol. The van der Waals surface area contributed by atoms with Crippen LogP contribution in [-0.4, -0.2) is 17.9 Å². The van der Waals surface area contributed by atoms with E-state index in [1.807, 2.05) is 45.0 Å². The molecule has 2 heteroatoms. The van der Waals surface area contributed by atoms with Gasteiger partial charge in [-0.1, -0.05) is 44.7 Å². The highest BCUT2D eigenvalue weighted by Crippen LogP contribution is 2.34. The molecule has 2 rings (SSSR count). The van der Waals surface area contributed by atoms with E-state index >= 15 is 0 Å². The fraction of sp³-hybridized carbons (Fsp3) is 0.267. The smallest absolute Gasteiger partial charge is 0.258 e. The molecule has 0 saturated heterocycles. The van der Waals surface area contributed by atoms with E-state index in [0.29, 0.717) is 0 Å². The van der Waals surface area contributed by atoms with Crippen LogP contribution in [-0.2, 0) is 0 Å². The molecule has 0 bridgehead atoms. The first-order valence-corrected chi connectivity index (χ1v) is 5.91. The molecule has 0 radical (unpaired) electrons. The Morgan fingerprint density at radius 3 is 2.47 bits per heavy atom. The van der Waals surface area contributed by atoms with Gasteiger partial charge in [-0.25, -0.2) is 0 Å². The molecule has 90 valence electrons. The van der Waals surface area contributed by atoms with Gasteiger partial charge in [-0.3, -0.25) is 4.79 Å². The zero-order chi connectivity index (χ0) is 13.0. The van der Waals surface area contributed by atoms with Crippen LogP contribution in [0.1, 0.15) is 42.3 Å². The van der Waals surface area contributed by atoms with Gasteiger partial charge in [-0.2, -0.15) is 0 Å². The average Bonchev–Trinajstić information content (AvgIpc) is 2.64. The molecule has 1 aliphatic rings. The number of fused-ring (bicyclic) bond motifs is 1. The Morgan fingerprint density at radius 1 is 1.29 bits per heavy atom.